The molecule has 0 spiro atoms. The molecule has 0 aromatic heterocycles. The van der Waals surface area contributed by atoms with Gasteiger partial charge in [0.2, 0.25) is 0 Å². The molecule has 87 valence electrons. The highest BCUT2D eigenvalue weighted by atomic mass is 16.5. The van der Waals surface area contributed by atoms with Crippen molar-refractivity contribution >= 4 is 0 Å². The Morgan fingerprint density at radius 3 is 1.71 bits per heavy atom. The first-order valence-corrected chi connectivity index (χ1v) is 5.78. The van der Waals surface area contributed by atoms with Crippen LogP contribution in [0.5, 0.6) is 0 Å². The van der Waals surface area contributed by atoms with Crippen LogP contribution >= 0.6 is 0 Å². The minimum Gasteiger partial charge on any atom is -0.367 e. The predicted molar refractivity (Wildman–Crippen MR) is 68.6 cm³/mol. The molecule has 2 heteroatoms. The molecule has 0 aliphatic heterocycles. The minimum absolute atomic E-state index is 0.0669. The summed E-state index contributed by atoms with van der Waals surface area (Å²) in [5.74, 6) is 0. The molecule has 2 nitrogen and oxygen atoms in total. The maximum Gasteiger partial charge on any atom is 0.108 e. The van der Waals surface area contributed by atoms with E-state index in [1.807, 2.05) is 36.4 Å². The highest BCUT2D eigenvalue weighted by molar-refractivity contribution is 5.29. The molecule has 0 atom stereocenters. The highest BCUT2D eigenvalue weighted by Gasteiger charge is 2.13. The molecule has 1 N–H and O–H groups in total. The lowest BCUT2D eigenvalue weighted by Gasteiger charge is -2.18. The van der Waals surface area contributed by atoms with Crippen molar-refractivity contribution < 1.29 is 4.74 Å². The Labute approximate surface area is 102 Å². The quantitative estimate of drug-likeness (QED) is 0.771. The summed E-state index contributed by atoms with van der Waals surface area (Å²) in [7, 11) is 0. The van der Waals surface area contributed by atoms with Gasteiger partial charge in [-0.05, 0) is 11.1 Å². The lowest BCUT2D eigenvalue weighted by molar-refractivity contribution is 0.0857. The van der Waals surface area contributed by atoms with Crippen molar-refractivity contribution in [1.82, 2.24) is 5.73 Å². The zero-order valence-electron chi connectivity index (χ0n) is 9.67. The molecule has 0 fully saturated rings. The van der Waals surface area contributed by atoms with Gasteiger partial charge in [-0.1, -0.05) is 60.7 Å². The fourth-order valence-electron chi connectivity index (χ4n) is 1.82. The first-order chi connectivity index (χ1) is 8.42. The number of hydrogen-bond acceptors (Lipinski definition) is 1. The first-order valence-electron chi connectivity index (χ1n) is 5.78. The van der Waals surface area contributed by atoms with E-state index < -0.39 is 0 Å². The van der Waals surface area contributed by atoms with E-state index in [1.165, 1.54) is 0 Å². The number of rotatable bonds is 5. The molecule has 0 aliphatic rings. The van der Waals surface area contributed by atoms with Gasteiger partial charge in [0.25, 0.3) is 0 Å². The SMILES string of the molecule is [NH]CCOC(c1ccccc1)c1ccccc1. The smallest absolute Gasteiger partial charge is 0.108 e. The molecule has 2 rings (SSSR count). The van der Waals surface area contributed by atoms with Gasteiger partial charge in [-0.3, -0.25) is 5.73 Å². The van der Waals surface area contributed by atoms with E-state index in [0.717, 1.165) is 11.1 Å². The Hall–Kier alpha value is -1.64. The van der Waals surface area contributed by atoms with Crippen molar-refractivity contribution in [2.75, 3.05) is 13.2 Å². The fraction of sp³-hybridized carbons (Fsp3) is 0.200. The Morgan fingerprint density at radius 1 is 0.824 bits per heavy atom. The summed E-state index contributed by atoms with van der Waals surface area (Å²) in [6.07, 6.45) is -0.0669. The van der Waals surface area contributed by atoms with Gasteiger partial charge in [0.15, 0.2) is 0 Å². The van der Waals surface area contributed by atoms with Crippen LogP contribution in [0.15, 0.2) is 60.7 Å². The molecule has 1 radical (unpaired) electrons. The average Bonchev–Trinajstić information content (AvgIpc) is 2.42. The second kappa shape index (κ2) is 6.18. The van der Waals surface area contributed by atoms with Gasteiger partial charge < -0.3 is 4.74 Å². The molecule has 2 aromatic rings. The number of ether oxygens (including phenoxy) is 1. The Bertz CT molecular complexity index is 388. The van der Waals surface area contributed by atoms with Crippen LogP contribution in [0, 0.1) is 0 Å². The fourth-order valence-corrected chi connectivity index (χ4v) is 1.82. The lowest BCUT2D eigenvalue weighted by atomic mass is 10.0. The van der Waals surface area contributed by atoms with Gasteiger partial charge in [-0.15, -0.1) is 0 Å². The van der Waals surface area contributed by atoms with Crippen molar-refractivity contribution in [1.29, 1.82) is 0 Å². The van der Waals surface area contributed by atoms with Crippen LogP contribution in [-0.2, 0) is 4.74 Å². The molecular weight excluding hydrogens is 210 g/mol. The zero-order valence-corrected chi connectivity index (χ0v) is 9.67. The summed E-state index contributed by atoms with van der Waals surface area (Å²) in [5.41, 5.74) is 9.46. The summed E-state index contributed by atoms with van der Waals surface area (Å²) >= 11 is 0. The summed E-state index contributed by atoms with van der Waals surface area (Å²) in [5, 5.41) is 0. The normalized spacial score (nSPS) is 10.7. The zero-order chi connectivity index (χ0) is 11.9. The van der Waals surface area contributed by atoms with Gasteiger partial charge in [-0.25, -0.2) is 0 Å². The predicted octanol–water partition coefficient (Wildman–Crippen LogP) is 3.08. The third-order valence-electron chi connectivity index (χ3n) is 2.59. The van der Waals surface area contributed by atoms with Gasteiger partial charge in [0.1, 0.15) is 6.10 Å². The maximum atomic E-state index is 7.20. The second-order valence-electron chi connectivity index (χ2n) is 3.82. The van der Waals surface area contributed by atoms with Crippen molar-refractivity contribution in [3.05, 3.63) is 71.8 Å². The van der Waals surface area contributed by atoms with Crippen molar-refractivity contribution in [3.63, 3.8) is 0 Å². The van der Waals surface area contributed by atoms with E-state index in [0.29, 0.717) is 6.61 Å². The topological polar surface area (TPSA) is 33.0 Å². The van der Waals surface area contributed by atoms with Crippen LogP contribution in [0.4, 0.5) is 0 Å². The van der Waals surface area contributed by atoms with E-state index in [1.54, 1.807) is 0 Å². The third-order valence-corrected chi connectivity index (χ3v) is 2.59. The maximum absolute atomic E-state index is 7.20. The van der Waals surface area contributed by atoms with E-state index in [9.17, 15) is 0 Å². The van der Waals surface area contributed by atoms with Crippen molar-refractivity contribution in [2.24, 2.45) is 0 Å². The molecule has 0 aliphatic carbocycles. The molecular formula is C15H16NO. The van der Waals surface area contributed by atoms with Gasteiger partial charge in [0.05, 0.1) is 6.61 Å². The third kappa shape index (κ3) is 3.16. The van der Waals surface area contributed by atoms with Crippen LogP contribution in [0.2, 0.25) is 0 Å². The van der Waals surface area contributed by atoms with Crippen molar-refractivity contribution in [3.8, 4) is 0 Å². The minimum atomic E-state index is -0.0669. The second-order valence-corrected chi connectivity index (χ2v) is 3.82. The Morgan fingerprint density at radius 2 is 1.29 bits per heavy atom. The van der Waals surface area contributed by atoms with E-state index in [2.05, 4.69) is 24.3 Å². The van der Waals surface area contributed by atoms with Crippen LogP contribution in [0.25, 0.3) is 0 Å². The Kier molecular flexibility index (Phi) is 4.30. The molecule has 0 saturated heterocycles. The lowest BCUT2D eigenvalue weighted by Crippen LogP contribution is -2.09. The van der Waals surface area contributed by atoms with E-state index in [4.69, 9.17) is 10.5 Å². The molecule has 0 amide bonds. The van der Waals surface area contributed by atoms with E-state index >= 15 is 0 Å². The summed E-state index contributed by atoms with van der Waals surface area (Å²) < 4.78 is 5.78. The van der Waals surface area contributed by atoms with Crippen LogP contribution in [0.1, 0.15) is 17.2 Å². The molecule has 2 aromatic carbocycles. The van der Waals surface area contributed by atoms with Crippen LogP contribution < -0.4 is 5.73 Å². The Balaban J connectivity index is 2.26. The number of benzene rings is 2. The van der Waals surface area contributed by atoms with Crippen molar-refractivity contribution in [2.45, 2.75) is 6.10 Å². The summed E-state index contributed by atoms with van der Waals surface area (Å²) in [6.45, 7) is 0.741. The van der Waals surface area contributed by atoms with Gasteiger partial charge in [0, 0.05) is 6.54 Å². The largest absolute Gasteiger partial charge is 0.367 e. The first kappa shape index (κ1) is 11.8. The standard InChI is InChI=1S/C15H16NO/c16-11-12-17-15(13-7-3-1-4-8-13)14-9-5-2-6-10-14/h1-10,15-16H,11-12H2. The molecule has 0 bridgehead atoms. The average molecular weight is 226 g/mol. The molecule has 0 heterocycles. The number of nitrogens with one attached hydrogen (secondary N) is 1. The van der Waals surface area contributed by atoms with Gasteiger partial charge in [-0.2, -0.15) is 0 Å². The molecule has 0 unspecified atom stereocenters. The number of hydrogen-bond donors (Lipinski definition) is 0. The highest BCUT2D eigenvalue weighted by Crippen LogP contribution is 2.25. The van der Waals surface area contributed by atoms with Crippen LogP contribution in [-0.4, -0.2) is 13.2 Å². The van der Waals surface area contributed by atoms with Gasteiger partial charge >= 0.3 is 0 Å². The summed E-state index contributed by atoms with van der Waals surface area (Å²) in [6, 6.07) is 20.3. The molecule has 0 saturated carbocycles. The summed E-state index contributed by atoms with van der Waals surface area (Å²) in [4.78, 5) is 0. The van der Waals surface area contributed by atoms with Crippen LogP contribution in [0.3, 0.4) is 0 Å². The van der Waals surface area contributed by atoms with E-state index in [-0.39, 0.29) is 12.6 Å². The monoisotopic (exact) mass is 226 g/mol. The molecule has 17 heavy (non-hydrogen) atoms.